The quantitative estimate of drug-likeness (QED) is 0.643. The van der Waals surface area contributed by atoms with Gasteiger partial charge in [0.2, 0.25) is 0 Å². The first-order valence-electron chi connectivity index (χ1n) is 7.43. The van der Waals surface area contributed by atoms with Crippen molar-refractivity contribution in [1.29, 1.82) is 0 Å². The minimum Gasteiger partial charge on any atom is -0.361 e. The third kappa shape index (κ3) is 2.46. The zero-order chi connectivity index (χ0) is 17.6. The maximum absolute atomic E-state index is 13.9. The van der Waals surface area contributed by atoms with E-state index in [4.69, 9.17) is 0 Å². The van der Waals surface area contributed by atoms with Crippen molar-refractivity contribution in [3.8, 4) is 0 Å². The smallest absolute Gasteiger partial charge is 0.275 e. The molecule has 5 nitrogen and oxygen atoms in total. The predicted molar refractivity (Wildman–Crippen MR) is 88.3 cm³/mol. The van der Waals surface area contributed by atoms with E-state index in [2.05, 4.69) is 15.6 Å². The van der Waals surface area contributed by atoms with Gasteiger partial charge in [0.25, 0.3) is 11.8 Å². The lowest BCUT2D eigenvalue weighted by atomic mass is 10.0. The van der Waals surface area contributed by atoms with Crippen LogP contribution in [-0.4, -0.2) is 16.8 Å². The number of fused-ring (bicyclic) bond motifs is 1. The van der Waals surface area contributed by atoms with Crippen molar-refractivity contribution in [3.63, 3.8) is 0 Å². The fourth-order valence-electron chi connectivity index (χ4n) is 2.84. The van der Waals surface area contributed by atoms with E-state index >= 15 is 0 Å². The van der Waals surface area contributed by atoms with Crippen LogP contribution in [0.2, 0.25) is 0 Å². The zero-order valence-electron chi connectivity index (χ0n) is 12.7. The highest BCUT2D eigenvalue weighted by molar-refractivity contribution is 6.38. The van der Waals surface area contributed by atoms with Gasteiger partial charge in [-0.1, -0.05) is 18.2 Å². The molecule has 0 saturated heterocycles. The van der Waals surface area contributed by atoms with Gasteiger partial charge in [0, 0.05) is 28.7 Å². The molecular formula is C18H11F2N3O2. The number of anilines is 1. The van der Waals surface area contributed by atoms with Gasteiger partial charge in [-0.05, 0) is 18.2 Å². The Morgan fingerprint density at radius 2 is 1.76 bits per heavy atom. The Morgan fingerprint density at radius 3 is 2.56 bits per heavy atom. The molecule has 0 atom stereocenters. The van der Waals surface area contributed by atoms with E-state index in [1.165, 1.54) is 6.07 Å². The summed E-state index contributed by atoms with van der Waals surface area (Å²) in [5.41, 5.74) is 1.23. The first kappa shape index (κ1) is 15.1. The second-order valence-electron chi connectivity index (χ2n) is 5.53. The van der Waals surface area contributed by atoms with Gasteiger partial charge in [0.05, 0.1) is 11.3 Å². The van der Waals surface area contributed by atoms with Crippen LogP contribution in [-0.2, 0) is 9.59 Å². The largest absolute Gasteiger partial charge is 0.361 e. The number of H-pyrrole nitrogens is 1. The monoisotopic (exact) mass is 339 g/mol. The second-order valence-corrected chi connectivity index (χ2v) is 5.53. The Kier molecular flexibility index (Phi) is 3.35. The van der Waals surface area contributed by atoms with Crippen LogP contribution in [0.4, 0.5) is 14.5 Å². The van der Waals surface area contributed by atoms with E-state index in [1.54, 1.807) is 12.3 Å². The molecule has 3 aromatic rings. The average molecular weight is 339 g/mol. The second kappa shape index (κ2) is 5.55. The lowest BCUT2D eigenvalue weighted by molar-refractivity contribution is -0.123. The highest BCUT2D eigenvalue weighted by Gasteiger charge is 2.33. The fourth-order valence-corrected chi connectivity index (χ4v) is 2.84. The summed E-state index contributed by atoms with van der Waals surface area (Å²) < 4.78 is 27.0. The molecule has 1 aliphatic rings. The van der Waals surface area contributed by atoms with E-state index in [0.717, 1.165) is 17.0 Å². The van der Waals surface area contributed by atoms with Crippen LogP contribution < -0.4 is 10.6 Å². The van der Waals surface area contributed by atoms with Crippen molar-refractivity contribution in [2.45, 2.75) is 0 Å². The number of benzene rings is 2. The molecular weight excluding hydrogens is 328 g/mol. The number of carbonyl (C=O) groups excluding carboxylic acids is 2. The maximum atomic E-state index is 13.9. The van der Waals surface area contributed by atoms with Crippen LogP contribution in [0.15, 0.2) is 54.4 Å². The average Bonchev–Trinajstić information content (AvgIpc) is 3.11. The molecule has 0 spiro atoms. The predicted octanol–water partition coefficient (Wildman–Crippen LogP) is 2.93. The number of rotatable bonds is 3. The van der Waals surface area contributed by atoms with Gasteiger partial charge in [-0.15, -0.1) is 0 Å². The van der Waals surface area contributed by atoms with Crippen LogP contribution in [0.5, 0.6) is 0 Å². The van der Waals surface area contributed by atoms with Gasteiger partial charge < -0.3 is 10.3 Å². The number of hydrogen-bond donors (Lipinski definition) is 3. The third-order valence-electron chi connectivity index (χ3n) is 3.98. The van der Waals surface area contributed by atoms with E-state index in [1.807, 2.05) is 18.2 Å². The van der Waals surface area contributed by atoms with Gasteiger partial charge in [0.1, 0.15) is 17.3 Å². The molecule has 0 saturated carbocycles. The molecule has 0 unspecified atom stereocenters. The molecule has 0 aliphatic carbocycles. The van der Waals surface area contributed by atoms with Crippen molar-refractivity contribution < 1.29 is 18.4 Å². The van der Waals surface area contributed by atoms with E-state index < -0.39 is 23.4 Å². The lowest BCUT2D eigenvalue weighted by Crippen LogP contribution is -2.24. The van der Waals surface area contributed by atoms with Gasteiger partial charge in [-0.25, -0.2) is 8.78 Å². The number of para-hydroxylation sites is 1. The van der Waals surface area contributed by atoms with Crippen molar-refractivity contribution in [2.75, 3.05) is 5.32 Å². The van der Waals surface area contributed by atoms with Crippen LogP contribution in [0.1, 0.15) is 5.56 Å². The number of hydrogen-bond acceptors (Lipinski definition) is 3. The standard InChI is InChI=1S/C18H11F2N3O2/c19-9-5-6-14(12(20)7-9)22-16-15(17(24)23-18(16)25)11-8-21-13-4-2-1-3-10(11)13/h1-8,21H,(H2,22,23,24,25). The summed E-state index contributed by atoms with van der Waals surface area (Å²) in [7, 11) is 0. The first-order chi connectivity index (χ1) is 12.0. The van der Waals surface area contributed by atoms with Crippen LogP contribution in [0, 0.1) is 11.6 Å². The summed E-state index contributed by atoms with van der Waals surface area (Å²) in [4.78, 5) is 27.4. The number of imide groups is 1. The summed E-state index contributed by atoms with van der Waals surface area (Å²) in [6.45, 7) is 0. The van der Waals surface area contributed by atoms with Crippen molar-refractivity contribution >= 4 is 34.0 Å². The Balaban J connectivity index is 1.87. The minimum atomic E-state index is -0.863. The SMILES string of the molecule is O=C1NC(=O)C(c2c[nH]c3ccccc23)=C1Nc1ccc(F)cc1F. The number of nitrogens with one attached hydrogen (secondary N) is 3. The molecule has 124 valence electrons. The molecule has 4 rings (SSSR count). The van der Waals surface area contributed by atoms with Crippen LogP contribution in [0.25, 0.3) is 16.5 Å². The zero-order valence-corrected chi connectivity index (χ0v) is 12.7. The molecule has 2 heterocycles. The minimum absolute atomic E-state index is 0.0831. The van der Waals surface area contributed by atoms with Crippen LogP contribution in [0.3, 0.4) is 0 Å². The molecule has 0 fully saturated rings. The number of amides is 2. The summed E-state index contributed by atoms with van der Waals surface area (Å²) >= 11 is 0. The summed E-state index contributed by atoms with van der Waals surface area (Å²) in [6, 6.07) is 10.2. The Hall–Kier alpha value is -3.48. The molecule has 0 bridgehead atoms. The molecule has 1 aliphatic heterocycles. The normalized spacial score (nSPS) is 14.3. The number of aromatic amines is 1. The first-order valence-corrected chi connectivity index (χ1v) is 7.43. The molecule has 0 radical (unpaired) electrons. The number of carbonyl (C=O) groups is 2. The molecule has 25 heavy (non-hydrogen) atoms. The van der Waals surface area contributed by atoms with Gasteiger partial charge in [0.15, 0.2) is 0 Å². The Morgan fingerprint density at radius 1 is 0.960 bits per heavy atom. The Labute approximate surface area is 140 Å². The highest BCUT2D eigenvalue weighted by Crippen LogP contribution is 2.31. The van der Waals surface area contributed by atoms with E-state index in [-0.39, 0.29) is 17.0 Å². The van der Waals surface area contributed by atoms with Gasteiger partial charge >= 0.3 is 0 Å². The topological polar surface area (TPSA) is 74.0 Å². The molecule has 3 N–H and O–H groups in total. The van der Waals surface area contributed by atoms with Gasteiger partial charge in [-0.3, -0.25) is 14.9 Å². The Bertz CT molecular complexity index is 1070. The summed E-state index contributed by atoms with van der Waals surface area (Å²) in [6.07, 6.45) is 1.61. The molecule has 2 amide bonds. The summed E-state index contributed by atoms with van der Waals surface area (Å²) in [5.74, 6) is -2.85. The third-order valence-corrected chi connectivity index (χ3v) is 3.98. The number of halogens is 2. The molecule has 2 aromatic carbocycles. The van der Waals surface area contributed by atoms with Crippen molar-refractivity contribution in [1.82, 2.24) is 10.3 Å². The maximum Gasteiger partial charge on any atom is 0.275 e. The molecule has 7 heteroatoms. The lowest BCUT2D eigenvalue weighted by Gasteiger charge is -2.08. The van der Waals surface area contributed by atoms with Gasteiger partial charge in [-0.2, -0.15) is 0 Å². The van der Waals surface area contributed by atoms with E-state index in [9.17, 15) is 18.4 Å². The van der Waals surface area contributed by atoms with Crippen molar-refractivity contribution in [2.24, 2.45) is 0 Å². The molecule has 1 aromatic heterocycles. The van der Waals surface area contributed by atoms with Crippen LogP contribution >= 0.6 is 0 Å². The van der Waals surface area contributed by atoms with E-state index in [0.29, 0.717) is 11.6 Å². The summed E-state index contributed by atoms with van der Waals surface area (Å²) in [5, 5.41) is 5.56. The number of aromatic nitrogens is 1. The van der Waals surface area contributed by atoms with Crippen molar-refractivity contribution in [3.05, 3.63) is 71.6 Å². The highest BCUT2D eigenvalue weighted by atomic mass is 19.1. The fraction of sp³-hybridized carbons (Fsp3) is 0.